The van der Waals surface area contributed by atoms with Crippen LogP contribution in [0.2, 0.25) is 0 Å². The summed E-state index contributed by atoms with van der Waals surface area (Å²) in [6.07, 6.45) is 1.84. The summed E-state index contributed by atoms with van der Waals surface area (Å²) in [6, 6.07) is 11.8. The Labute approximate surface area is 171 Å². The fourth-order valence-corrected chi connectivity index (χ4v) is 3.26. The Hall–Kier alpha value is -2.38. The van der Waals surface area contributed by atoms with Crippen LogP contribution in [-0.2, 0) is 14.3 Å². The topological polar surface area (TPSA) is 71.1 Å². The number of hydrogen-bond donors (Lipinski definition) is 0. The second kappa shape index (κ2) is 9.71. The Bertz CT molecular complexity index is 845. The minimum absolute atomic E-state index is 0.0378. The smallest absolute Gasteiger partial charge is 0.349 e. The van der Waals surface area contributed by atoms with E-state index in [4.69, 9.17) is 18.9 Å². The molecule has 0 aliphatic carbocycles. The number of halogens is 1. The first-order valence-corrected chi connectivity index (χ1v) is 9.79. The summed E-state index contributed by atoms with van der Waals surface area (Å²) in [5, 5.41) is 0. The fourth-order valence-electron chi connectivity index (χ4n) is 2.79. The van der Waals surface area contributed by atoms with Gasteiger partial charge in [-0.05, 0) is 61.7 Å². The van der Waals surface area contributed by atoms with Crippen molar-refractivity contribution in [3.63, 3.8) is 0 Å². The van der Waals surface area contributed by atoms with Crippen LogP contribution >= 0.6 is 15.9 Å². The van der Waals surface area contributed by atoms with Crippen LogP contribution in [-0.4, -0.2) is 37.9 Å². The highest BCUT2D eigenvalue weighted by molar-refractivity contribution is 9.10. The number of benzene rings is 2. The van der Waals surface area contributed by atoms with Crippen molar-refractivity contribution in [1.82, 2.24) is 0 Å². The lowest BCUT2D eigenvalue weighted by atomic mass is 10.2. The van der Waals surface area contributed by atoms with E-state index in [1.807, 2.05) is 19.1 Å². The van der Waals surface area contributed by atoms with Crippen LogP contribution in [0, 0.1) is 6.92 Å². The summed E-state index contributed by atoms with van der Waals surface area (Å²) in [5.41, 5.74) is 1.21. The predicted octanol–water partition coefficient (Wildman–Crippen LogP) is 4.08. The second-order valence-electron chi connectivity index (χ2n) is 6.43. The van der Waals surface area contributed by atoms with E-state index < -0.39 is 11.9 Å². The monoisotopic (exact) mass is 448 g/mol. The third kappa shape index (κ3) is 5.81. The van der Waals surface area contributed by atoms with Crippen molar-refractivity contribution in [3.8, 4) is 11.5 Å². The third-order valence-electron chi connectivity index (χ3n) is 4.21. The average Bonchev–Trinajstić information content (AvgIpc) is 3.19. The Kier molecular flexibility index (Phi) is 7.06. The molecule has 0 radical (unpaired) electrons. The van der Waals surface area contributed by atoms with E-state index in [1.165, 1.54) is 6.07 Å². The van der Waals surface area contributed by atoms with Gasteiger partial charge in [0.25, 0.3) is 0 Å². The molecule has 0 amide bonds. The number of esters is 2. The van der Waals surface area contributed by atoms with E-state index >= 15 is 0 Å². The highest BCUT2D eigenvalue weighted by atomic mass is 79.9. The molecule has 3 rings (SSSR count). The van der Waals surface area contributed by atoms with Crippen LogP contribution in [0.5, 0.6) is 11.5 Å². The number of hydrogen-bond acceptors (Lipinski definition) is 6. The predicted molar refractivity (Wildman–Crippen MR) is 106 cm³/mol. The average molecular weight is 449 g/mol. The molecule has 1 heterocycles. The normalized spacial score (nSPS) is 15.9. The molecule has 0 spiro atoms. The maximum Gasteiger partial charge on any atom is 0.349 e. The van der Waals surface area contributed by atoms with E-state index in [-0.39, 0.29) is 25.1 Å². The maximum absolute atomic E-state index is 12.2. The van der Waals surface area contributed by atoms with Crippen molar-refractivity contribution in [3.05, 3.63) is 58.1 Å². The van der Waals surface area contributed by atoms with Crippen LogP contribution < -0.4 is 9.47 Å². The molecule has 0 bridgehead atoms. The van der Waals surface area contributed by atoms with Crippen LogP contribution in [0.25, 0.3) is 0 Å². The van der Waals surface area contributed by atoms with Gasteiger partial charge in [-0.3, -0.25) is 0 Å². The van der Waals surface area contributed by atoms with Crippen molar-refractivity contribution in [1.29, 1.82) is 0 Å². The molecule has 2 aromatic rings. The molecule has 1 unspecified atom stereocenters. The molecule has 148 valence electrons. The standard InChI is InChI=1S/C21H21BrO6/c1-14-10-16(22)7-8-19(14)26-13-20(23)28-17-5-2-4-15(11-17)21(24)27-12-18-6-3-9-25-18/h2,4-5,7-8,10-11,18H,3,6,9,12-13H2,1H3. The SMILES string of the molecule is Cc1cc(Br)ccc1OCC(=O)Oc1cccc(C(=O)OCC2CCCO2)c1. The zero-order valence-corrected chi connectivity index (χ0v) is 17.1. The van der Waals surface area contributed by atoms with Gasteiger partial charge in [0.2, 0.25) is 0 Å². The number of rotatable bonds is 7. The van der Waals surface area contributed by atoms with Crippen molar-refractivity contribution < 1.29 is 28.5 Å². The summed E-state index contributed by atoms with van der Waals surface area (Å²) < 4.78 is 22.4. The molecule has 28 heavy (non-hydrogen) atoms. The third-order valence-corrected chi connectivity index (χ3v) is 4.70. The van der Waals surface area contributed by atoms with Gasteiger partial charge < -0.3 is 18.9 Å². The van der Waals surface area contributed by atoms with Gasteiger partial charge in [0.1, 0.15) is 18.1 Å². The molecular formula is C21H21BrO6. The molecule has 1 atom stereocenters. The highest BCUT2D eigenvalue weighted by Crippen LogP contribution is 2.22. The van der Waals surface area contributed by atoms with E-state index in [2.05, 4.69) is 15.9 Å². The number of aryl methyl sites for hydroxylation is 1. The largest absolute Gasteiger partial charge is 0.482 e. The summed E-state index contributed by atoms with van der Waals surface area (Å²) in [5.74, 6) is -0.179. The molecular weight excluding hydrogens is 428 g/mol. The molecule has 1 fully saturated rings. The Balaban J connectivity index is 1.51. The van der Waals surface area contributed by atoms with Gasteiger partial charge in [-0.25, -0.2) is 9.59 Å². The summed E-state index contributed by atoms with van der Waals surface area (Å²) >= 11 is 3.38. The van der Waals surface area contributed by atoms with Crippen LogP contribution in [0.3, 0.4) is 0 Å². The zero-order chi connectivity index (χ0) is 19.9. The number of carbonyl (C=O) groups is 2. The van der Waals surface area contributed by atoms with Gasteiger partial charge in [-0.2, -0.15) is 0 Å². The van der Waals surface area contributed by atoms with Gasteiger partial charge >= 0.3 is 11.9 Å². The maximum atomic E-state index is 12.2. The molecule has 2 aromatic carbocycles. The van der Waals surface area contributed by atoms with E-state index in [0.717, 1.165) is 22.9 Å². The van der Waals surface area contributed by atoms with Crippen molar-refractivity contribution in [2.24, 2.45) is 0 Å². The van der Waals surface area contributed by atoms with Crippen LogP contribution in [0.15, 0.2) is 46.9 Å². The fraction of sp³-hybridized carbons (Fsp3) is 0.333. The Morgan fingerprint density at radius 2 is 2.07 bits per heavy atom. The Morgan fingerprint density at radius 1 is 1.21 bits per heavy atom. The van der Waals surface area contributed by atoms with Crippen molar-refractivity contribution in [2.75, 3.05) is 19.8 Å². The summed E-state index contributed by atoms with van der Waals surface area (Å²) in [7, 11) is 0. The van der Waals surface area contributed by atoms with Gasteiger partial charge in [-0.15, -0.1) is 0 Å². The Morgan fingerprint density at radius 3 is 2.82 bits per heavy atom. The van der Waals surface area contributed by atoms with E-state index in [1.54, 1.807) is 24.3 Å². The summed E-state index contributed by atoms with van der Waals surface area (Å²) in [6.45, 7) is 2.58. The molecule has 7 heteroatoms. The minimum atomic E-state index is -0.563. The highest BCUT2D eigenvalue weighted by Gasteiger charge is 2.18. The minimum Gasteiger partial charge on any atom is -0.482 e. The van der Waals surface area contributed by atoms with Crippen molar-refractivity contribution in [2.45, 2.75) is 25.9 Å². The molecule has 1 saturated heterocycles. The first-order chi connectivity index (χ1) is 13.5. The lowest BCUT2D eigenvalue weighted by Gasteiger charge is -2.11. The van der Waals surface area contributed by atoms with E-state index in [0.29, 0.717) is 17.9 Å². The van der Waals surface area contributed by atoms with Gasteiger partial charge in [0.15, 0.2) is 6.61 Å². The molecule has 0 saturated carbocycles. The number of carbonyl (C=O) groups excluding carboxylic acids is 2. The summed E-state index contributed by atoms with van der Waals surface area (Å²) in [4.78, 5) is 24.2. The molecule has 6 nitrogen and oxygen atoms in total. The zero-order valence-electron chi connectivity index (χ0n) is 15.5. The molecule has 0 aromatic heterocycles. The van der Waals surface area contributed by atoms with Crippen molar-refractivity contribution >= 4 is 27.9 Å². The van der Waals surface area contributed by atoms with Gasteiger partial charge in [-0.1, -0.05) is 22.0 Å². The second-order valence-corrected chi connectivity index (χ2v) is 7.35. The quantitative estimate of drug-likeness (QED) is 0.469. The molecule has 1 aliphatic heterocycles. The first kappa shape index (κ1) is 20.4. The lowest BCUT2D eigenvalue weighted by molar-refractivity contribution is -0.136. The lowest BCUT2D eigenvalue weighted by Crippen LogP contribution is -2.19. The van der Waals surface area contributed by atoms with E-state index in [9.17, 15) is 9.59 Å². The molecule has 0 N–H and O–H groups in total. The van der Waals surface area contributed by atoms with Gasteiger partial charge in [0.05, 0.1) is 11.7 Å². The van der Waals surface area contributed by atoms with Crippen LogP contribution in [0.4, 0.5) is 0 Å². The first-order valence-electron chi connectivity index (χ1n) is 8.99. The molecule has 1 aliphatic rings. The van der Waals surface area contributed by atoms with Crippen LogP contribution in [0.1, 0.15) is 28.8 Å². The van der Waals surface area contributed by atoms with Gasteiger partial charge in [0, 0.05) is 11.1 Å². The number of ether oxygens (including phenoxy) is 4.